The Morgan fingerprint density at radius 3 is 2.39 bits per heavy atom. The van der Waals surface area contributed by atoms with Gasteiger partial charge in [0.15, 0.2) is 0 Å². The fourth-order valence-corrected chi connectivity index (χ4v) is 3.39. The van der Waals surface area contributed by atoms with Crippen LogP contribution in [-0.4, -0.2) is 35.0 Å². The molecule has 0 saturated heterocycles. The van der Waals surface area contributed by atoms with E-state index < -0.39 is 23.2 Å². The number of carbonyl (C=O) groups excluding carboxylic acids is 2. The van der Waals surface area contributed by atoms with E-state index in [9.17, 15) is 9.59 Å². The largest absolute Gasteiger partial charge is 0.465 e. The number of halogens is 1. The molecule has 2 aromatic carbocycles. The Labute approximate surface area is 197 Å². The van der Waals surface area contributed by atoms with Gasteiger partial charge in [0.05, 0.1) is 23.3 Å². The van der Waals surface area contributed by atoms with Gasteiger partial charge >= 0.3 is 12.1 Å². The zero-order valence-corrected chi connectivity index (χ0v) is 19.9. The molecule has 0 fully saturated rings. The van der Waals surface area contributed by atoms with E-state index in [0.717, 1.165) is 5.56 Å². The van der Waals surface area contributed by atoms with Gasteiger partial charge in [0.25, 0.3) is 0 Å². The van der Waals surface area contributed by atoms with Crippen molar-refractivity contribution in [2.24, 2.45) is 0 Å². The molecule has 0 spiro atoms. The third-order valence-electron chi connectivity index (χ3n) is 4.69. The molecule has 1 unspecified atom stereocenters. The van der Waals surface area contributed by atoms with Gasteiger partial charge in [-0.2, -0.15) is 0 Å². The lowest BCUT2D eigenvalue weighted by Gasteiger charge is -2.29. The number of methoxy groups -OCH3 is 1. The lowest BCUT2D eigenvalue weighted by Crippen LogP contribution is -2.47. The molecule has 0 saturated carbocycles. The van der Waals surface area contributed by atoms with E-state index >= 15 is 0 Å². The van der Waals surface area contributed by atoms with Crippen LogP contribution in [0.25, 0.3) is 11.5 Å². The van der Waals surface area contributed by atoms with Crippen molar-refractivity contribution < 1.29 is 23.5 Å². The predicted molar refractivity (Wildman–Crippen MR) is 123 cm³/mol. The van der Waals surface area contributed by atoms with Crippen LogP contribution >= 0.6 is 11.6 Å². The van der Waals surface area contributed by atoms with E-state index in [1.165, 1.54) is 13.2 Å². The molecule has 9 heteroatoms. The van der Waals surface area contributed by atoms with Crippen molar-refractivity contribution in [3.05, 3.63) is 70.6 Å². The molecule has 1 heterocycles. The number of nitrogens with zero attached hydrogens (tertiary/aromatic N) is 2. The summed E-state index contributed by atoms with van der Waals surface area (Å²) < 4.78 is 16.2. The summed E-state index contributed by atoms with van der Waals surface area (Å²) in [5.41, 5.74) is -0.157. The van der Waals surface area contributed by atoms with E-state index in [-0.39, 0.29) is 17.3 Å². The predicted octanol–water partition coefficient (Wildman–Crippen LogP) is 5.16. The number of hydrogen-bond donors (Lipinski definition) is 1. The van der Waals surface area contributed by atoms with E-state index in [4.69, 9.17) is 25.5 Å². The van der Waals surface area contributed by atoms with Crippen LogP contribution in [-0.2, 0) is 21.4 Å². The van der Waals surface area contributed by atoms with Crippen molar-refractivity contribution in [1.82, 2.24) is 15.5 Å². The Morgan fingerprint density at radius 2 is 1.76 bits per heavy atom. The fraction of sp³-hybridized carbons (Fsp3) is 0.333. The molecule has 1 aromatic heterocycles. The second kappa shape index (κ2) is 9.62. The van der Waals surface area contributed by atoms with Crippen LogP contribution in [0.4, 0.5) is 4.79 Å². The van der Waals surface area contributed by atoms with Gasteiger partial charge in [0.2, 0.25) is 11.8 Å². The topological polar surface area (TPSA) is 104 Å². The molecule has 33 heavy (non-hydrogen) atoms. The van der Waals surface area contributed by atoms with Crippen molar-refractivity contribution in [3.63, 3.8) is 0 Å². The molecular weight excluding hydrogens is 446 g/mol. The first-order valence-corrected chi connectivity index (χ1v) is 10.7. The van der Waals surface area contributed by atoms with Crippen LogP contribution < -0.4 is 5.32 Å². The minimum absolute atomic E-state index is 0.103. The van der Waals surface area contributed by atoms with Gasteiger partial charge in [-0.15, -0.1) is 10.2 Å². The maximum absolute atomic E-state index is 12.6. The molecule has 1 amide bonds. The van der Waals surface area contributed by atoms with Crippen LogP contribution in [0, 0.1) is 0 Å². The number of aromatic nitrogens is 2. The average Bonchev–Trinajstić information content (AvgIpc) is 3.23. The minimum Gasteiger partial charge on any atom is -0.465 e. The zero-order chi connectivity index (χ0) is 24.2. The van der Waals surface area contributed by atoms with Crippen molar-refractivity contribution in [1.29, 1.82) is 0 Å². The van der Waals surface area contributed by atoms with Crippen molar-refractivity contribution >= 4 is 23.7 Å². The zero-order valence-electron chi connectivity index (χ0n) is 19.1. The van der Waals surface area contributed by atoms with Gasteiger partial charge in [0.1, 0.15) is 11.1 Å². The highest BCUT2D eigenvalue weighted by atomic mass is 35.5. The smallest absolute Gasteiger partial charge is 0.408 e. The lowest BCUT2D eigenvalue weighted by molar-refractivity contribution is 0.0443. The van der Waals surface area contributed by atoms with Gasteiger partial charge in [-0.25, -0.2) is 9.59 Å². The number of nitrogens with one attached hydrogen (secondary N) is 1. The summed E-state index contributed by atoms with van der Waals surface area (Å²) in [6, 6.07) is 14.2. The number of hydrogen-bond acceptors (Lipinski definition) is 7. The Bertz CT molecular complexity index is 1140. The van der Waals surface area contributed by atoms with E-state index in [1.807, 2.05) is 30.3 Å². The average molecular weight is 472 g/mol. The Morgan fingerprint density at radius 1 is 1.06 bits per heavy atom. The molecule has 0 aliphatic heterocycles. The highest BCUT2D eigenvalue weighted by Gasteiger charge is 2.37. The third-order valence-corrected chi connectivity index (χ3v) is 5.02. The Balaban J connectivity index is 1.99. The van der Waals surface area contributed by atoms with Crippen LogP contribution in [0.15, 0.2) is 52.9 Å². The van der Waals surface area contributed by atoms with Crippen LogP contribution in [0.1, 0.15) is 49.5 Å². The summed E-state index contributed by atoms with van der Waals surface area (Å²) >= 11 is 6.32. The van der Waals surface area contributed by atoms with E-state index in [1.54, 1.807) is 39.8 Å². The number of ether oxygens (including phenoxy) is 2. The highest BCUT2D eigenvalue weighted by molar-refractivity contribution is 6.33. The number of benzene rings is 2. The lowest BCUT2D eigenvalue weighted by atomic mass is 9.92. The maximum atomic E-state index is 12.6. The Kier molecular flexibility index (Phi) is 7.07. The first kappa shape index (κ1) is 24.3. The van der Waals surface area contributed by atoms with Gasteiger partial charge in [0, 0.05) is 6.42 Å². The van der Waals surface area contributed by atoms with Crippen LogP contribution in [0.3, 0.4) is 0 Å². The molecule has 3 rings (SSSR count). The van der Waals surface area contributed by atoms with Crippen molar-refractivity contribution in [3.8, 4) is 11.5 Å². The quantitative estimate of drug-likeness (QED) is 0.495. The molecule has 8 nitrogen and oxygen atoms in total. The molecule has 174 valence electrons. The highest BCUT2D eigenvalue weighted by Crippen LogP contribution is 2.32. The summed E-state index contributed by atoms with van der Waals surface area (Å²) in [6.45, 7) is 7.11. The SMILES string of the molecule is COC(=O)c1ccc(Cl)c(-c2nnc(C(C)(Cc3ccccc3)NC(=O)OC(C)(C)C)o2)c1. The number of rotatable bonds is 6. The van der Waals surface area contributed by atoms with Gasteiger partial charge < -0.3 is 19.2 Å². The first-order chi connectivity index (χ1) is 15.5. The number of esters is 1. The van der Waals surface area contributed by atoms with E-state index in [2.05, 4.69) is 15.5 Å². The second-order valence-electron chi connectivity index (χ2n) is 8.72. The first-order valence-electron chi connectivity index (χ1n) is 10.3. The molecule has 0 aliphatic rings. The number of amides is 1. The maximum Gasteiger partial charge on any atom is 0.408 e. The molecule has 1 atom stereocenters. The fourth-order valence-electron chi connectivity index (χ4n) is 3.20. The normalized spacial score (nSPS) is 13.2. The third kappa shape index (κ3) is 6.10. The molecule has 0 aliphatic carbocycles. The number of carbonyl (C=O) groups is 2. The van der Waals surface area contributed by atoms with Gasteiger partial charge in [-0.3, -0.25) is 0 Å². The summed E-state index contributed by atoms with van der Waals surface area (Å²) in [5, 5.41) is 11.5. The van der Waals surface area contributed by atoms with Crippen LogP contribution in [0.5, 0.6) is 0 Å². The Hall–Kier alpha value is -3.39. The summed E-state index contributed by atoms with van der Waals surface area (Å²) in [7, 11) is 1.29. The monoisotopic (exact) mass is 471 g/mol. The van der Waals surface area contributed by atoms with Gasteiger partial charge in [-0.1, -0.05) is 41.9 Å². The summed E-state index contributed by atoms with van der Waals surface area (Å²) in [6.07, 6.45) is -0.253. The number of alkyl carbamates (subject to hydrolysis) is 1. The molecule has 0 radical (unpaired) electrons. The van der Waals surface area contributed by atoms with Crippen molar-refractivity contribution in [2.45, 2.75) is 45.3 Å². The van der Waals surface area contributed by atoms with Gasteiger partial charge in [-0.05, 0) is 51.5 Å². The molecule has 1 N–H and O–H groups in total. The second-order valence-corrected chi connectivity index (χ2v) is 9.13. The van der Waals surface area contributed by atoms with Crippen LogP contribution in [0.2, 0.25) is 5.02 Å². The standard InChI is InChI=1S/C24H26ClN3O5/c1-23(2,3)33-22(30)26-24(4,14-15-9-7-6-8-10-15)21-28-27-19(32-21)17-13-16(20(29)31-5)11-12-18(17)25/h6-13H,14H2,1-5H3,(H,26,30). The summed E-state index contributed by atoms with van der Waals surface area (Å²) in [4.78, 5) is 24.5. The molecular formula is C24H26ClN3O5. The molecule has 0 bridgehead atoms. The van der Waals surface area contributed by atoms with E-state index in [0.29, 0.717) is 17.0 Å². The van der Waals surface area contributed by atoms with Crippen molar-refractivity contribution in [2.75, 3.05) is 7.11 Å². The minimum atomic E-state index is -1.08. The molecule has 3 aromatic rings. The summed E-state index contributed by atoms with van der Waals surface area (Å²) in [5.74, 6) is -0.258.